The Kier molecular flexibility index (Phi) is 3.46. The standard InChI is InChI=1S/C17H12BrFN4/c18-13-3-1-2-12(8-13)15-9-16(11-4-6-14(19)7-5-11)23-17(22-15)20-10-21-23/h1-10,16H,(H,20,21,22)/t16-/m1/s1. The molecule has 3 aromatic rings. The van der Waals surface area contributed by atoms with Gasteiger partial charge in [0.25, 0.3) is 0 Å². The fourth-order valence-electron chi connectivity index (χ4n) is 2.66. The lowest BCUT2D eigenvalue weighted by Crippen LogP contribution is -2.20. The second-order valence-corrected chi connectivity index (χ2v) is 6.16. The van der Waals surface area contributed by atoms with E-state index in [1.807, 2.05) is 24.3 Å². The van der Waals surface area contributed by atoms with Gasteiger partial charge in [-0.25, -0.2) is 9.07 Å². The summed E-state index contributed by atoms with van der Waals surface area (Å²) in [5, 5.41) is 7.57. The van der Waals surface area contributed by atoms with Crippen LogP contribution in [0.1, 0.15) is 17.2 Å². The van der Waals surface area contributed by atoms with Crippen molar-refractivity contribution in [2.45, 2.75) is 6.04 Å². The zero-order valence-corrected chi connectivity index (χ0v) is 13.5. The Morgan fingerprint density at radius 2 is 1.96 bits per heavy atom. The number of aromatic nitrogens is 3. The summed E-state index contributed by atoms with van der Waals surface area (Å²) in [6.45, 7) is 0. The van der Waals surface area contributed by atoms with Crippen LogP contribution < -0.4 is 5.32 Å². The molecule has 0 spiro atoms. The Bertz CT molecular complexity index is 886. The lowest BCUT2D eigenvalue weighted by Gasteiger charge is -2.24. The van der Waals surface area contributed by atoms with Gasteiger partial charge in [0.1, 0.15) is 18.2 Å². The van der Waals surface area contributed by atoms with E-state index >= 15 is 0 Å². The Morgan fingerprint density at radius 3 is 2.74 bits per heavy atom. The van der Waals surface area contributed by atoms with Crippen molar-refractivity contribution < 1.29 is 4.39 Å². The maximum atomic E-state index is 13.2. The molecule has 2 heterocycles. The van der Waals surface area contributed by atoms with Gasteiger partial charge in [0.05, 0.1) is 0 Å². The van der Waals surface area contributed by atoms with Gasteiger partial charge in [-0.3, -0.25) is 0 Å². The summed E-state index contributed by atoms with van der Waals surface area (Å²) in [5.41, 5.74) is 2.94. The predicted molar refractivity (Wildman–Crippen MR) is 90.3 cm³/mol. The highest BCUT2D eigenvalue weighted by Gasteiger charge is 2.23. The Morgan fingerprint density at radius 1 is 1.13 bits per heavy atom. The third kappa shape index (κ3) is 2.66. The quantitative estimate of drug-likeness (QED) is 0.733. The zero-order valence-electron chi connectivity index (χ0n) is 11.9. The minimum Gasteiger partial charge on any atom is -0.324 e. The average molecular weight is 371 g/mol. The highest BCUT2D eigenvalue weighted by molar-refractivity contribution is 9.10. The number of nitrogens with zero attached hydrogens (tertiary/aromatic N) is 3. The Labute approximate surface area is 140 Å². The first-order valence-corrected chi connectivity index (χ1v) is 7.90. The molecule has 4 nitrogen and oxygen atoms in total. The third-order valence-corrected chi connectivity index (χ3v) is 4.25. The van der Waals surface area contributed by atoms with Gasteiger partial charge in [-0.2, -0.15) is 10.1 Å². The number of anilines is 1. The summed E-state index contributed by atoms with van der Waals surface area (Å²) >= 11 is 3.49. The minimum atomic E-state index is -0.252. The van der Waals surface area contributed by atoms with Gasteiger partial charge in [-0.05, 0) is 41.5 Å². The number of halogens is 2. The zero-order chi connectivity index (χ0) is 15.8. The summed E-state index contributed by atoms with van der Waals surface area (Å²) in [5.74, 6) is 0.412. The van der Waals surface area contributed by atoms with E-state index in [-0.39, 0.29) is 11.9 Å². The van der Waals surface area contributed by atoms with Crippen molar-refractivity contribution >= 4 is 27.6 Å². The van der Waals surface area contributed by atoms with Gasteiger partial charge in [0, 0.05) is 10.2 Å². The third-order valence-electron chi connectivity index (χ3n) is 3.75. The lowest BCUT2D eigenvalue weighted by atomic mass is 10.0. The van der Waals surface area contributed by atoms with Gasteiger partial charge in [0.15, 0.2) is 0 Å². The normalized spacial score (nSPS) is 16.4. The molecule has 0 aliphatic carbocycles. The maximum absolute atomic E-state index is 13.2. The smallest absolute Gasteiger partial charge is 0.226 e. The fraction of sp³-hybridized carbons (Fsp3) is 0.0588. The number of benzene rings is 2. The van der Waals surface area contributed by atoms with Crippen molar-refractivity contribution in [3.8, 4) is 0 Å². The van der Waals surface area contributed by atoms with Crippen LogP contribution in [0.4, 0.5) is 10.3 Å². The van der Waals surface area contributed by atoms with Crippen LogP contribution in [0.15, 0.2) is 65.4 Å². The van der Waals surface area contributed by atoms with Gasteiger partial charge < -0.3 is 5.32 Å². The van der Waals surface area contributed by atoms with E-state index in [1.54, 1.807) is 16.8 Å². The molecule has 23 heavy (non-hydrogen) atoms. The summed E-state index contributed by atoms with van der Waals surface area (Å²) in [6, 6.07) is 14.3. The molecule has 0 saturated heterocycles. The van der Waals surface area contributed by atoms with Crippen LogP contribution in [0.25, 0.3) is 5.70 Å². The molecule has 1 aromatic heterocycles. The number of hydrogen-bond donors (Lipinski definition) is 1. The molecule has 114 valence electrons. The second-order valence-electron chi connectivity index (χ2n) is 5.24. The van der Waals surface area contributed by atoms with E-state index in [2.05, 4.69) is 37.4 Å². The molecule has 1 atom stereocenters. The number of fused-ring (bicyclic) bond motifs is 1. The molecule has 2 aromatic carbocycles. The molecule has 0 radical (unpaired) electrons. The molecule has 0 amide bonds. The van der Waals surface area contributed by atoms with E-state index < -0.39 is 0 Å². The number of allylic oxidation sites excluding steroid dienone is 1. The molecule has 0 unspecified atom stereocenters. The van der Waals surface area contributed by atoms with Crippen molar-refractivity contribution in [3.05, 3.63) is 82.4 Å². The van der Waals surface area contributed by atoms with E-state index in [1.165, 1.54) is 18.5 Å². The molecular formula is C17H12BrFN4. The highest BCUT2D eigenvalue weighted by atomic mass is 79.9. The Hall–Kier alpha value is -2.47. The van der Waals surface area contributed by atoms with Crippen molar-refractivity contribution in [1.82, 2.24) is 14.8 Å². The first-order chi connectivity index (χ1) is 11.2. The minimum absolute atomic E-state index is 0.136. The van der Waals surface area contributed by atoms with Crippen molar-refractivity contribution in [1.29, 1.82) is 0 Å². The molecule has 0 fully saturated rings. The first-order valence-electron chi connectivity index (χ1n) is 7.10. The monoisotopic (exact) mass is 370 g/mol. The SMILES string of the molecule is Fc1ccc([C@H]2C=C(c3cccc(Br)c3)Nc3ncnn32)cc1. The van der Waals surface area contributed by atoms with E-state index in [0.717, 1.165) is 21.3 Å². The van der Waals surface area contributed by atoms with Gasteiger partial charge in [0.2, 0.25) is 5.95 Å². The Balaban J connectivity index is 1.81. The van der Waals surface area contributed by atoms with Crippen LogP contribution in [-0.4, -0.2) is 14.8 Å². The maximum Gasteiger partial charge on any atom is 0.226 e. The first kappa shape index (κ1) is 14.1. The second kappa shape index (κ2) is 5.62. The molecule has 0 bridgehead atoms. The topological polar surface area (TPSA) is 42.7 Å². The summed E-state index contributed by atoms with van der Waals surface area (Å²) in [6.07, 6.45) is 3.58. The molecule has 1 N–H and O–H groups in total. The van der Waals surface area contributed by atoms with Crippen LogP contribution in [0.5, 0.6) is 0 Å². The molecule has 1 aliphatic rings. The molecular weight excluding hydrogens is 359 g/mol. The average Bonchev–Trinajstić information content (AvgIpc) is 3.03. The van der Waals surface area contributed by atoms with E-state index in [0.29, 0.717) is 5.95 Å². The van der Waals surface area contributed by atoms with Gasteiger partial charge >= 0.3 is 0 Å². The number of hydrogen-bond acceptors (Lipinski definition) is 3. The van der Waals surface area contributed by atoms with Gasteiger partial charge in [-0.1, -0.05) is 40.2 Å². The number of rotatable bonds is 2. The van der Waals surface area contributed by atoms with Crippen LogP contribution in [-0.2, 0) is 0 Å². The fourth-order valence-corrected chi connectivity index (χ4v) is 3.05. The molecule has 0 saturated carbocycles. The van der Waals surface area contributed by atoms with Gasteiger partial charge in [-0.15, -0.1) is 0 Å². The highest BCUT2D eigenvalue weighted by Crippen LogP contribution is 2.32. The summed E-state index contributed by atoms with van der Waals surface area (Å²) in [7, 11) is 0. The molecule has 4 rings (SSSR count). The molecule has 1 aliphatic heterocycles. The van der Waals surface area contributed by atoms with Crippen molar-refractivity contribution in [3.63, 3.8) is 0 Å². The largest absolute Gasteiger partial charge is 0.324 e. The molecule has 6 heteroatoms. The van der Waals surface area contributed by atoms with Crippen LogP contribution in [0, 0.1) is 5.82 Å². The van der Waals surface area contributed by atoms with Crippen molar-refractivity contribution in [2.75, 3.05) is 5.32 Å². The predicted octanol–water partition coefficient (Wildman–Crippen LogP) is 4.24. The lowest BCUT2D eigenvalue weighted by molar-refractivity contribution is 0.603. The van der Waals surface area contributed by atoms with Crippen LogP contribution >= 0.6 is 15.9 Å². The van der Waals surface area contributed by atoms with Crippen LogP contribution in [0.3, 0.4) is 0 Å². The van der Waals surface area contributed by atoms with E-state index in [9.17, 15) is 4.39 Å². The van der Waals surface area contributed by atoms with E-state index in [4.69, 9.17) is 0 Å². The number of nitrogens with one attached hydrogen (secondary N) is 1. The summed E-state index contributed by atoms with van der Waals surface area (Å²) in [4.78, 5) is 4.26. The van der Waals surface area contributed by atoms with Crippen molar-refractivity contribution in [2.24, 2.45) is 0 Å². The van der Waals surface area contributed by atoms with Crippen LogP contribution in [0.2, 0.25) is 0 Å². The summed E-state index contributed by atoms with van der Waals surface area (Å²) < 4.78 is 16.0.